The highest BCUT2D eigenvalue weighted by atomic mass is 79.9. The van der Waals surface area contributed by atoms with Gasteiger partial charge in [-0.3, -0.25) is 0 Å². The van der Waals surface area contributed by atoms with Crippen LogP contribution in [0.3, 0.4) is 0 Å². The summed E-state index contributed by atoms with van der Waals surface area (Å²) in [6.45, 7) is 4.53. The number of rotatable bonds is 6. The van der Waals surface area contributed by atoms with Crippen LogP contribution in [0.2, 0.25) is 0 Å². The van der Waals surface area contributed by atoms with Crippen molar-refractivity contribution in [2.75, 3.05) is 13.2 Å². The summed E-state index contributed by atoms with van der Waals surface area (Å²) in [5, 5.41) is 0. The van der Waals surface area contributed by atoms with Gasteiger partial charge in [0.05, 0.1) is 6.61 Å². The maximum absolute atomic E-state index is 11.7. The average molecular weight is 301 g/mol. The Balaban J connectivity index is 2.69. The van der Waals surface area contributed by atoms with Gasteiger partial charge in [0.15, 0.2) is 6.10 Å². The number of carbonyl (C=O) groups excluding carboxylic acids is 1. The zero-order valence-corrected chi connectivity index (χ0v) is 11.7. The second-order valence-electron chi connectivity index (χ2n) is 3.53. The molecule has 0 saturated carbocycles. The fraction of sp³-hybridized carbons (Fsp3) is 0.462. The molecule has 0 aliphatic carbocycles. The van der Waals surface area contributed by atoms with Gasteiger partial charge in [-0.15, -0.1) is 0 Å². The minimum absolute atomic E-state index is 0.297. The summed E-state index contributed by atoms with van der Waals surface area (Å²) in [5.41, 5.74) is 1.05. The van der Waals surface area contributed by atoms with E-state index in [9.17, 15) is 4.79 Å². The normalized spacial score (nSPS) is 12.2. The molecule has 0 aliphatic heterocycles. The molecule has 3 nitrogen and oxygen atoms in total. The molecule has 0 heterocycles. The molecule has 0 N–H and O–H groups in total. The van der Waals surface area contributed by atoms with Gasteiger partial charge in [-0.05, 0) is 31.5 Å². The standard InChI is InChI=1S/C13H17BrO3/c1-3-16-12(13(15)17-4-2)9-10-6-5-7-11(14)8-10/h5-8,12H,3-4,9H2,1-2H3. The van der Waals surface area contributed by atoms with Gasteiger partial charge in [-0.1, -0.05) is 28.1 Å². The highest BCUT2D eigenvalue weighted by molar-refractivity contribution is 9.10. The van der Waals surface area contributed by atoms with Crippen molar-refractivity contribution in [1.29, 1.82) is 0 Å². The van der Waals surface area contributed by atoms with Crippen LogP contribution in [-0.4, -0.2) is 25.3 Å². The Kier molecular flexibility index (Phi) is 6.22. The fourth-order valence-corrected chi connectivity index (χ4v) is 1.97. The highest BCUT2D eigenvalue weighted by Gasteiger charge is 2.20. The summed E-state index contributed by atoms with van der Waals surface area (Å²) >= 11 is 3.40. The molecular weight excluding hydrogens is 284 g/mol. The maximum atomic E-state index is 11.7. The Morgan fingerprint density at radius 2 is 2.12 bits per heavy atom. The fourth-order valence-electron chi connectivity index (χ4n) is 1.52. The molecule has 0 bridgehead atoms. The predicted molar refractivity (Wildman–Crippen MR) is 69.9 cm³/mol. The summed E-state index contributed by atoms with van der Waals surface area (Å²) in [6.07, 6.45) is 0.0146. The van der Waals surface area contributed by atoms with Crippen LogP contribution in [-0.2, 0) is 20.7 Å². The molecule has 0 amide bonds. The van der Waals surface area contributed by atoms with Gasteiger partial charge >= 0.3 is 5.97 Å². The minimum Gasteiger partial charge on any atom is -0.464 e. The lowest BCUT2D eigenvalue weighted by atomic mass is 10.1. The molecular formula is C13H17BrO3. The third-order valence-corrected chi connectivity index (χ3v) is 2.72. The van der Waals surface area contributed by atoms with Crippen LogP contribution < -0.4 is 0 Å². The van der Waals surface area contributed by atoms with E-state index in [4.69, 9.17) is 9.47 Å². The average Bonchev–Trinajstić information content (AvgIpc) is 2.29. The monoisotopic (exact) mass is 300 g/mol. The molecule has 1 atom stereocenters. The molecule has 0 aliphatic rings. The first kappa shape index (κ1) is 14.2. The van der Waals surface area contributed by atoms with E-state index in [1.807, 2.05) is 31.2 Å². The molecule has 0 spiro atoms. The summed E-state index contributed by atoms with van der Waals surface area (Å²) < 4.78 is 11.4. The molecule has 0 saturated heterocycles. The van der Waals surface area contributed by atoms with Crippen LogP contribution in [0, 0.1) is 0 Å². The number of esters is 1. The first-order valence-electron chi connectivity index (χ1n) is 5.70. The van der Waals surface area contributed by atoms with Crippen LogP contribution in [0.1, 0.15) is 19.4 Å². The van der Waals surface area contributed by atoms with Gasteiger partial charge in [0.2, 0.25) is 0 Å². The van der Waals surface area contributed by atoms with Gasteiger partial charge in [0, 0.05) is 17.5 Å². The van der Waals surface area contributed by atoms with Gasteiger partial charge in [0.1, 0.15) is 0 Å². The molecule has 1 unspecified atom stereocenters. The maximum Gasteiger partial charge on any atom is 0.335 e. The Bertz CT molecular complexity index is 365. The quantitative estimate of drug-likeness (QED) is 0.758. The van der Waals surface area contributed by atoms with Crippen molar-refractivity contribution in [3.8, 4) is 0 Å². The van der Waals surface area contributed by atoms with Crippen molar-refractivity contribution in [2.45, 2.75) is 26.4 Å². The minimum atomic E-state index is -0.519. The lowest BCUT2D eigenvalue weighted by Crippen LogP contribution is -2.28. The Hall–Kier alpha value is -0.870. The second-order valence-corrected chi connectivity index (χ2v) is 4.45. The largest absolute Gasteiger partial charge is 0.464 e. The summed E-state index contributed by atoms with van der Waals surface area (Å²) in [7, 11) is 0. The third-order valence-electron chi connectivity index (χ3n) is 2.23. The Morgan fingerprint density at radius 3 is 2.71 bits per heavy atom. The first-order valence-corrected chi connectivity index (χ1v) is 6.49. The van der Waals surface area contributed by atoms with Crippen molar-refractivity contribution in [3.63, 3.8) is 0 Å². The van der Waals surface area contributed by atoms with E-state index in [0.717, 1.165) is 10.0 Å². The van der Waals surface area contributed by atoms with E-state index in [-0.39, 0.29) is 5.97 Å². The van der Waals surface area contributed by atoms with E-state index in [1.165, 1.54) is 0 Å². The van der Waals surface area contributed by atoms with E-state index in [1.54, 1.807) is 6.92 Å². The number of benzene rings is 1. The highest BCUT2D eigenvalue weighted by Crippen LogP contribution is 2.14. The molecule has 0 fully saturated rings. The summed E-state index contributed by atoms with van der Waals surface area (Å²) in [4.78, 5) is 11.7. The molecule has 0 radical (unpaired) electrons. The van der Waals surface area contributed by atoms with Gasteiger partial charge < -0.3 is 9.47 Å². The molecule has 94 valence electrons. The third kappa shape index (κ3) is 4.88. The molecule has 4 heteroatoms. The number of ether oxygens (including phenoxy) is 2. The Morgan fingerprint density at radius 1 is 1.35 bits per heavy atom. The van der Waals surface area contributed by atoms with E-state index in [0.29, 0.717) is 19.6 Å². The van der Waals surface area contributed by atoms with Crippen LogP contribution in [0.15, 0.2) is 28.7 Å². The van der Waals surface area contributed by atoms with Crippen LogP contribution >= 0.6 is 15.9 Å². The topological polar surface area (TPSA) is 35.5 Å². The van der Waals surface area contributed by atoms with Gasteiger partial charge in [0.25, 0.3) is 0 Å². The van der Waals surface area contributed by atoms with Crippen LogP contribution in [0.5, 0.6) is 0 Å². The zero-order valence-electron chi connectivity index (χ0n) is 10.1. The summed E-state index contributed by atoms with van der Waals surface area (Å²) in [6, 6.07) is 7.83. The van der Waals surface area contributed by atoms with Crippen molar-refractivity contribution < 1.29 is 14.3 Å². The zero-order chi connectivity index (χ0) is 12.7. The number of halogens is 1. The van der Waals surface area contributed by atoms with Crippen molar-refractivity contribution in [2.24, 2.45) is 0 Å². The first-order chi connectivity index (χ1) is 8.17. The molecule has 0 aromatic heterocycles. The SMILES string of the molecule is CCOC(=O)C(Cc1cccc(Br)c1)OCC. The van der Waals surface area contributed by atoms with Gasteiger partial charge in [-0.25, -0.2) is 4.79 Å². The van der Waals surface area contributed by atoms with E-state index in [2.05, 4.69) is 15.9 Å². The van der Waals surface area contributed by atoms with Crippen LogP contribution in [0.4, 0.5) is 0 Å². The van der Waals surface area contributed by atoms with E-state index >= 15 is 0 Å². The lowest BCUT2D eigenvalue weighted by molar-refractivity contribution is -0.156. The smallest absolute Gasteiger partial charge is 0.335 e. The van der Waals surface area contributed by atoms with Crippen molar-refractivity contribution in [1.82, 2.24) is 0 Å². The molecule has 1 aromatic rings. The predicted octanol–water partition coefficient (Wildman–Crippen LogP) is 2.96. The van der Waals surface area contributed by atoms with Crippen LogP contribution in [0.25, 0.3) is 0 Å². The molecule has 17 heavy (non-hydrogen) atoms. The number of hydrogen-bond donors (Lipinski definition) is 0. The Labute approximate surface area is 110 Å². The second kappa shape index (κ2) is 7.45. The number of hydrogen-bond acceptors (Lipinski definition) is 3. The van der Waals surface area contributed by atoms with Crippen molar-refractivity contribution >= 4 is 21.9 Å². The molecule has 1 rings (SSSR count). The van der Waals surface area contributed by atoms with Crippen molar-refractivity contribution in [3.05, 3.63) is 34.3 Å². The molecule has 1 aromatic carbocycles. The van der Waals surface area contributed by atoms with E-state index < -0.39 is 6.10 Å². The van der Waals surface area contributed by atoms with Gasteiger partial charge in [-0.2, -0.15) is 0 Å². The summed E-state index contributed by atoms with van der Waals surface area (Å²) in [5.74, 6) is -0.297. The lowest BCUT2D eigenvalue weighted by Gasteiger charge is -2.15. The number of carbonyl (C=O) groups is 1.